The average Bonchev–Trinajstić information content (AvgIpc) is 2.87. The van der Waals surface area contributed by atoms with Crippen LogP contribution in [0, 0.1) is 0 Å². The highest BCUT2D eigenvalue weighted by Crippen LogP contribution is 2.25. The minimum Gasteiger partial charge on any atom is -0.366 e. The minimum absolute atomic E-state index is 0.00134. The van der Waals surface area contributed by atoms with Gasteiger partial charge in [-0.3, -0.25) is 4.98 Å². The van der Waals surface area contributed by atoms with Crippen LogP contribution in [0.1, 0.15) is 0 Å². The van der Waals surface area contributed by atoms with Crippen molar-refractivity contribution in [1.29, 1.82) is 0 Å². The van der Waals surface area contributed by atoms with Gasteiger partial charge >= 0.3 is 6.03 Å². The van der Waals surface area contributed by atoms with Gasteiger partial charge in [-0.1, -0.05) is 0 Å². The summed E-state index contributed by atoms with van der Waals surface area (Å²) in [5.74, 6) is 0.739. The van der Waals surface area contributed by atoms with Gasteiger partial charge in [0.1, 0.15) is 5.52 Å². The average molecular weight is 336 g/mol. The largest absolute Gasteiger partial charge is 0.366 e. The Bertz CT molecular complexity index is 648. The van der Waals surface area contributed by atoms with Crippen molar-refractivity contribution < 1.29 is 4.79 Å². The number of hydrogen-bond acceptors (Lipinski definition) is 4. The van der Waals surface area contributed by atoms with E-state index in [0.29, 0.717) is 13.1 Å². The van der Waals surface area contributed by atoms with Gasteiger partial charge < -0.3 is 15.5 Å². The standard InChI is InChI=1S/C13H14BrN5O/c14-10-8-18-12(11-9(10)2-1-3-15-11)16-4-6-19-7-5-17-13(19)20/h1-3,8H,4-7H2,(H,16,18)(H,17,20). The molecule has 6 nitrogen and oxygen atoms in total. The third-order valence-electron chi connectivity index (χ3n) is 3.22. The molecule has 2 amide bonds. The van der Waals surface area contributed by atoms with Crippen LogP contribution in [0.25, 0.3) is 10.9 Å². The second kappa shape index (κ2) is 5.62. The van der Waals surface area contributed by atoms with Crippen molar-refractivity contribution in [3.05, 3.63) is 29.0 Å². The molecule has 104 valence electrons. The number of carbonyl (C=O) groups is 1. The fraction of sp³-hybridized carbons (Fsp3) is 0.308. The van der Waals surface area contributed by atoms with Crippen LogP contribution in [-0.2, 0) is 0 Å². The lowest BCUT2D eigenvalue weighted by Crippen LogP contribution is -2.32. The lowest BCUT2D eigenvalue weighted by molar-refractivity contribution is 0.219. The molecule has 0 aromatic carbocycles. The van der Waals surface area contributed by atoms with Crippen molar-refractivity contribution in [1.82, 2.24) is 20.2 Å². The molecule has 0 atom stereocenters. The molecular formula is C13H14BrN5O. The van der Waals surface area contributed by atoms with Gasteiger partial charge in [0, 0.05) is 48.4 Å². The summed E-state index contributed by atoms with van der Waals surface area (Å²) in [5, 5.41) is 7.04. The predicted molar refractivity (Wildman–Crippen MR) is 80.7 cm³/mol. The quantitative estimate of drug-likeness (QED) is 0.894. The summed E-state index contributed by atoms with van der Waals surface area (Å²) in [5.41, 5.74) is 0.827. The highest BCUT2D eigenvalue weighted by Gasteiger charge is 2.18. The molecule has 1 fully saturated rings. The Kier molecular flexibility index (Phi) is 3.68. The van der Waals surface area contributed by atoms with E-state index in [1.807, 2.05) is 12.1 Å². The molecule has 7 heteroatoms. The lowest BCUT2D eigenvalue weighted by Gasteiger charge is -2.15. The van der Waals surface area contributed by atoms with Crippen LogP contribution in [0.15, 0.2) is 29.0 Å². The van der Waals surface area contributed by atoms with Crippen LogP contribution in [-0.4, -0.2) is 47.1 Å². The van der Waals surface area contributed by atoms with Crippen LogP contribution < -0.4 is 10.6 Å². The molecule has 0 spiro atoms. The first kappa shape index (κ1) is 13.1. The molecule has 2 N–H and O–H groups in total. The molecular weight excluding hydrogens is 322 g/mol. The van der Waals surface area contributed by atoms with Gasteiger partial charge in [0.05, 0.1) is 0 Å². The maximum atomic E-state index is 11.4. The second-order valence-electron chi connectivity index (χ2n) is 4.50. The number of halogens is 1. The summed E-state index contributed by atoms with van der Waals surface area (Å²) >= 11 is 3.47. The number of anilines is 1. The van der Waals surface area contributed by atoms with Crippen LogP contribution >= 0.6 is 15.9 Å². The van der Waals surface area contributed by atoms with Gasteiger partial charge in [0.15, 0.2) is 5.82 Å². The van der Waals surface area contributed by atoms with E-state index in [2.05, 4.69) is 36.5 Å². The van der Waals surface area contributed by atoms with Crippen molar-refractivity contribution in [2.45, 2.75) is 0 Å². The third-order valence-corrected chi connectivity index (χ3v) is 3.85. The van der Waals surface area contributed by atoms with E-state index in [1.54, 1.807) is 17.3 Å². The zero-order valence-electron chi connectivity index (χ0n) is 10.8. The summed E-state index contributed by atoms with van der Waals surface area (Å²) in [6.45, 7) is 2.78. The number of amides is 2. The Balaban J connectivity index is 1.71. The summed E-state index contributed by atoms with van der Waals surface area (Å²) in [6, 6.07) is 3.89. The molecule has 3 rings (SSSR count). The van der Waals surface area contributed by atoms with E-state index in [4.69, 9.17) is 0 Å². The lowest BCUT2D eigenvalue weighted by atomic mass is 10.2. The summed E-state index contributed by atoms with van der Waals surface area (Å²) in [4.78, 5) is 21.9. The van der Waals surface area contributed by atoms with Crippen molar-refractivity contribution in [3.8, 4) is 0 Å². The van der Waals surface area contributed by atoms with E-state index >= 15 is 0 Å². The Morgan fingerprint density at radius 1 is 1.45 bits per heavy atom. The zero-order valence-corrected chi connectivity index (χ0v) is 12.4. The molecule has 0 bridgehead atoms. The first-order valence-electron chi connectivity index (χ1n) is 6.41. The maximum absolute atomic E-state index is 11.4. The maximum Gasteiger partial charge on any atom is 0.317 e. The molecule has 1 aliphatic rings. The van der Waals surface area contributed by atoms with E-state index in [-0.39, 0.29) is 6.03 Å². The van der Waals surface area contributed by atoms with Gasteiger partial charge in [0.25, 0.3) is 0 Å². The van der Waals surface area contributed by atoms with Crippen molar-refractivity contribution >= 4 is 38.7 Å². The molecule has 2 aromatic rings. The number of rotatable bonds is 4. The van der Waals surface area contributed by atoms with E-state index in [0.717, 1.165) is 34.3 Å². The van der Waals surface area contributed by atoms with E-state index < -0.39 is 0 Å². The van der Waals surface area contributed by atoms with Crippen molar-refractivity contribution in [2.75, 3.05) is 31.5 Å². The molecule has 20 heavy (non-hydrogen) atoms. The van der Waals surface area contributed by atoms with Crippen molar-refractivity contribution in [3.63, 3.8) is 0 Å². The molecule has 0 aliphatic carbocycles. The van der Waals surface area contributed by atoms with Crippen LogP contribution in [0.5, 0.6) is 0 Å². The van der Waals surface area contributed by atoms with Gasteiger partial charge in [-0.25, -0.2) is 9.78 Å². The molecule has 3 heterocycles. The molecule has 0 unspecified atom stereocenters. The smallest absolute Gasteiger partial charge is 0.317 e. The van der Waals surface area contributed by atoms with Crippen LogP contribution in [0.3, 0.4) is 0 Å². The van der Waals surface area contributed by atoms with Crippen LogP contribution in [0.2, 0.25) is 0 Å². The first-order valence-corrected chi connectivity index (χ1v) is 7.21. The number of carbonyl (C=O) groups excluding carboxylic acids is 1. The number of nitrogens with one attached hydrogen (secondary N) is 2. The van der Waals surface area contributed by atoms with Gasteiger partial charge in [-0.15, -0.1) is 0 Å². The number of nitrogens with zero attached hydrogens (tertiary/aromatic N) is 3. The second-order valence-corrected chi connectivity index (χ2v) is 5.35. The number of urea groups is 1. The molecule has 1 aliphatic heterocycles. The number of aromatic nitrogens is 2. The normalized spacial score (nSPS) is 14.7. The fourth-order valence-electron chi connectivity index (χ4n) is 2.20. The van der Waals surface area contributed by atoms with Gasteiger partial charge in [-0.2, -0.15) is 0 Å². The summed E-state index contributed by atoms with van der Waals surface area (Å²) in [6.07, 6.45) is 3.50. The highest BCUT2D eigenvalue weighted by atomic mass is 79.9. The summed E-state index contributed by atoms with van der Waals surface area (Å²) in [7, 11) is 0. The van der Waals surface area contributed by atoms with E-state index in [9.17, 15) is 4.79 Å². The molecule has 2 aromatic heterocycles. The Morgan fingerprint density at radius 2 is 2.35 bits per heavy atom. The summed E-state index contributed by atoms with van der Waals surface area (Å²) < 4.78 is 0.921. The Hall–Kier alpha value is -1.89. The number of pyridine rings is 2. The molecule has 0 radical (unpaired) electrons. The fourth-order valence-corrected chi connectivity index (χ4v) is 2.62. The topological polar surface area (TPSA) is 70.2 Å². The SMILES string of the molecule is O=C1NCCN1CCNc1ncc(Br)c2cccnc12. The molecule has 0 saturated carbocycles. The third kappa shape index (κ3) is 2.53. The molecule has 1 saturated heterocycles. The number of hydrogen-bond donors (Lipinski definition) is 2. The zero-order chi connectivity index (χ0) is 13.9. The van der Waals surface area contributed by atoms with Gasteiger partial charge in [-0.05, 0) is 28.1 Å². The van der Waals surface area contributed by atoms with Gasteiger partial charge in [0.2, 0.25) is 0 Å². The van der Waals surface area contributed by atoms with Crippen LogP contribution in [0.4, 0.5) is 10.6 Å². The minimum atomic E-state index is -0.00134. The first-order chi connectivity index (χ1) is 9.75. The highest BCUT2D eigenvalue weighted by molar-refractivity contribution is 9.10. The van der Waals surface area contributed by atoms with Crippen molar-refractivity contribution in [2.24, 2.45) is 0 Å². The number of fused-ring (bicyclic) bond motifs is 1. The Labute approximate surface area is 124 Å². The van der Waals surface area contributed by atoms with E-state index in [1.165, 1.54) is 0 Å². The Morgan fingerprint density at radius 3 is 3.15 bits per heavy atom. The monoisotopic (exact) mass is 335 g/mol. The predicted octanol–water partition coefficient (Wildman–Crippen LogP) is 1.83.